The van der Waals surface area contributed by atoms with Crippen molar-refractivity contribution in [1.29, 1.82) is 0 Å². The molecular formula is C14H17N5O2S. The first kappa shape index (κ1) is 15.9. The molecular weight excluding hydrogens is 302 g/mol. The second-order valence-electron chi connectivity index (χ2n) is 4.43. The Morgan fingerprint density at radius 3 is 2.73 bits per heavy atom. The van der Waals surface area contributed by atoms with Crippen molar-refractivity contribution in [2.45, 2.75) is 0 Å². The maximum absolute atomic E-state index is 11.9. The number of hydrogen-bond acceptors (Lipinski definition) is 4. The number of nitrogens with two attached hydrogens (primary N) is 1. The Hall–Kier alpha value is -2.45. The van der Waals surface area contributed by atoms with E-state index in [-0.39, 0.29) is 11.0 Å². The smallest absolute Gasteiger partial charge is 0.271 e. The molecule has 8 heteroatoms. The van der Waals surface area contributed by atoms with Crippen LogP contribution in [0, 0.1) is 0 Å². The number of rotatable bonds is 6. The van der Waals surface area contributed by atoms with Gasteiger partial charge in [-0.15, -0.1) is 0 Å². The predicted octanol–water partition coefficient (Wildman–Crippen LogP) is 0.904. The Kier molecular flexibility index (Phi) is 5.45. The second-order valence-corrected chi connectivity index (χ2v) is 4.87. The van der Waals surface area contributed by atoms with Gasteiger partial charge < -0.3 is 21.1 Å². The number of hydrogen-bond donors (Lipinski definition) is 3. The lowest BCUT2D eigenvalue weighted by Crippen LogP contribution is -2.27. The fourth-order valence-electron chi connectivity index (χ4n) is 1.79. The summed E-state index contributed by atoms with van der Waals surface area (Å²) in [6.07, 6.45) is 1.72. The summed E-state index contributed by atoms with van der Waals surface area (Å²) < 4.78 is 6.50. The Bertz CT molecular complexity index is 654. The van der Waals surface area contributed by atoms with Gasteiger partial charge in [0.1, 0.15) is 0 Å². The SMILES string of the molecule is COCCNC(=O)c1ccn(-c2ccc(NC(N)=S)cc2)n1. The minimum Gasteiger partial charge on any atom is -0.383 e. The van der Waals surface area contributed by atoms with E-state index in [1.807, 2.05) is 24.3 Å². The number of thiocarbonyl (C=S) groups is 1. The van der Waals surface area contributed by atoms with Crippen LogP contribution in [0.5, 0.6) is 0 Å². The molecule has 1 heterocycles. The van der Waals surface area contributed by atoms with Gasteiger partial charge in [-0.1, -0.05) is 0 Å². The van der Waals surface area contributed by atoms with Gasteiger partial charge in [-0.25, -0.2) is 4.68 Å². The first-order valence-electron chi connectivity index (χ1n) is 6.60. The van der Waals surface area contributed by atoms with E-state index >= 15 is 0 Å². The maximum atomic E-state index is 11.9. The molecule has 0 fully saturated rings. The number of carbonyl (C=O) groups excluding carboxylic acids is 1. The molecule has 0 unspecified atom stereocenters. The van der Waals surface area contributed by atoms with Gasteiger partial charge in [-0.3, -0.25) is 4.79 Å². The van der Waals surface area contributed by atoms with Crippen molar-refractivity contribution >= 4 is 28.9 Å². The van der Waals surface area contributed by atoms with E-state index in [9.17, 15) is 4.79 Å². The molecule has 2 aromatic rings. The van der Waals surface area contributed by atoms with Crippen LogP contribution in [0.25, 0.3) is 5.69 Å². The Balaban J connectivity index is 2.04. The molecule has 4 N–H and O–H groups in total. The van der Waals surface area contributed by atoms with E-state index in [4.69, 9.17) is 22.7 Å². The van der Waals surface area contributed by atoms with Crippen molar-refractivity contribution in [3.8, 4) is 5.69 Å². The van der Waals surface area contributed by atoms with Crippen LogP contribution in [0.4, 0.5) is 5.69 Å². The fourth-order valence-corrected chi connectivity index (χ4v) is 1.90. The quantitative estimate of drug-likeness (QED) is 0.541. The summed E-state index contributed by atoms with van der Waals surface area (Å²) in [6.45, 7) is 0.908. The molecule has 1 aromatic carbocycles. The molecule has 0 saturated carbocycles. The first-order valence-corrected chi connectivity index (χ1v) is 7.00. The van der Waals surface area contributed by atoms with Crippen LogP contribution in [0.3, 0.4) is 0 Å². The minimum absolute atomic E-state index is 0.210. The van der Waals surface area contributed by atoms with Crippen molar-refractivity contribution in [2.75, 3.05) is 25.6 Å². The lowest BCUT2D eigenvalue weighted by Gasteiger charge is -2.05. The molecule has 0 aliphatic heterocycles. The molecule has 0 bridgehead atoms. The van der Waals surface area contributed by atoms with Gasteiger partial charge in [0.25, 0.3) is 5.91 Å². The van der Waals surface area contributed by atoms with Gasteiger partial charge in [-0.2, -0.15) is 5.10 Å². The first-order chi connectivity index (χ1) is 10.6. The number of amides is 1. The average molecular weight is 319 g/mol. The van der Waals surface area contributed by atoms with Crippen LogP contribution >= 0.6 is 12.2 Å². The summed E-state index contributed by atoms with van der Waals surface area (Å²) in [6, 6.07) is 9.01. The summed E-state index contributed by atoms with van der Waals surface area (Å²) in [4.78, 5) is 11.9. The Labute approximate surface area is 133 Å². The second kappa shape index (κ2) is 7.53. The number of carbonyl (C=O) groups is 1. The van der Waals surface area contributed by atoms with Gasteiger partial charge in [0.15, 0.2) is 10.8 Å². The monoisotopic (exact) mass is 319 g/mol. The molecule has 0 spiro atoms. The van der Waals surface area contributed by atoms with E-state index in [0.29, 0.717) is 18.8 Å². The normalized spacial score (nSPS) is 10.2. The third-order valence-corrected chi connectivity index (χ3v) is 2.91. The number of methoxy groups -OCH3 is 1. The summed E-state index contributed by atoms with van der Waals surface area (Å²) >= 11 is 4.78. The molecule has 116 valence electrons. The highest BCUT2D eigenvalue weighted by Crippen LogP contribution is 2.13. The average Bonchev–Trinajstić information content (AvgIpc) is 2.97. The van der Waals surface area contributed by atoms with Gasteiger partial charge in [0, 0.05) is 25.5 Å². The zero-order valence-corrected chi connectivity index (χ0v) is 12.9. The number of anilines is 1. The van der Waals surface area contributed by atoms with Gasteiger partial charge in [0.2, 0.25) is 0 Å². The highest BCUT2D eigenvalue weighted by Gasteiger charge is 2.09. The van der Waals surface area contributed by atoms with Gasteiger partial charge >= 0.3 is 0 Å². The minimum atomic E-state index is -0.234. The highest BCUT2D eigenvalue weighted by atomic mass is 32.1. The molecule has 7 nitrogen and oxygen atoms in total. The summed E-state index contributed by atoms with van der Waals surface area (Å²) in [5.74, 6) is -0.234. The topological polar surface area (TPSA) is 94.2 Å². The lowest BCUT2D eigenvalue weighted by atomic mass is 10.3. The molecule has 0 aliphatic carbocycles. The van der Waals surface area contributed by atoms with Gasteiger partial charge in [-0.05, 0) is 42.5 Å². The van der Waals surface area contributed by atoms with Crippen molar-refractivity contribution in [1.82, 2.24) is 15.1 Å². The summed E-state index contributed by atoms with van der Waals surface area (Å²) in [5.41, 5.74) is 7.37. The zero-order valence-electron chi connectivity index (χ0n) is 12.1. The van der Waals surface area contributed by atoms with Crippen molar-refractivity contribution < 1.29 is 9.53 Å². The number of aromatic nitrogens is 2. The molecule has 2 rings (SSSR count). The Morgan fingerprint density at radius 2 is 2.09 bits per heavy atom. The molecule has 1 aromatic heterocycles. The lowest BCUT2D eigenvalue weighted by molar-refractivity contribution is 0.0931. The molecule has 0 radical (unpaired) electrons. The summed E-state index contributed by atoms with van der Waals surface area (Å²) in [7, 11) is 1.58. The molecule has 0 aliphatic rings. The maximum Gasteiger partial charge on any atom is 0.271 e. The number of ether oxygens (including phenoxy) is 1. The number of nitrogens with zero attached hydrogens (tertiary/aromatic N) is 2. The highest BCUT2D eigenvalue weighted by molar-refractivity contribution is 7.80. The molecule has 0 saturated heterocycles. The standard InChI is InChI=1S/C14H17N5O2S/c1-21-9-7-16-13(20)12-6-8-19(18-12)11-4-2-10(3-5-11)17-14(15)22/h2-6,8H,7,9H2,1H3,(H,16,20)(H3,15,17,22). The van der Waals surface area contributed by atoms with Crippen LogP contribution < -0.4 is 16.4 Å². The summed E-state index contributed by atoms with van der Waals surface area (Å²) in [5, 5.41) is 10.0. The van der Waals surface area contributed by atoms with E-state index in [0.717, 1.165) is 11.4 Å². The van der Waals surface area contributed by atoms with Crippen molar-refractivity contribution in [2.24, 2.45) is 5.73 Å². The van der Waals surface area contributed by atoms with Crippen LogP contribution in [-0.2, 0) is 4.74 Å². The van der Waals surface area contributed by atoms with Crippen LogP contribution in [-0.4, -0.2) is 41.1 Å². The third-order valence-electron chi connectivity index (χ3n) is 2.81. The van der Waals surface area contributed by atoms with Crippen molar-refractivity contribution in [3.05, 3.63) is 42.2 Å². The van der Waals surface area contributed by atoms with Crippen LogP contribution in [0.15, 0.2) is 36.5 Å². The van der Waals surface area contributed by atoms with Crippen LogP contribution in [0.2, 0.25) is 0 Å². The van der Waals surface area contributed by atoms with E-state index in [1.54, 1.807) is 24.1 Å². The molecule has 1 amide bonds. The third kappa shape index (κ3) is 4.27. The van der Waals surface area contributed by atoms with E-state index < -0.39 is 0 Å². The van der Waals surface area contributed by atoms with E-state index in [1.165, 1.54) is 0 Å². The molecule has 0 atom stereocenters. The predicted molar refractivity (Wildman–Crippen MR) is 88.2 cm³/mol. The number of benzene rings is 1. The number of nitrogens with one attached hydrogen (secondary N) is 2. The Morgan fingerprint density at radius 1 is 1.36 bits per heavy atom. The zero-order chi connectivity index (χ0) is 15.9. The molecule has 22 heavy (non-hydrogen) atoms. The largest absolute Gasteiger partial charge is 0.383 e. The van der Waals surface area contributed by atoms with Crippen LogP contribution in [0.1, 0.15) is 10.5 Å². The van der Waals surface area contributed by atoms with E-state index in [2.05, 4.69) is 15.7 Å². The van der Waals surface area contributed by atoms with Gasteiger partial charge in [0.05, 0.1) is 12.3 Å². The van der Waals surface area contributed by atoms with Crippen molar-refractivity contribution in [3.63, 3.8) is 0 Å². The fraction of sp³-hybridized carbons (Fsp3) is 0.214.